The van der Waals surface area contributed by atoms with Crippen LogP contribution in [0.1, 0.15) is 29.9 Å². The molecule has 0 aromatic carbocycles. The van der Waals surface area contributed by atoms with Gasteiger partial charge in [0, 0.05) is 25.6 Å². The first-order valence-electron chi connectivity index (χ1n) is 6.51. The molecule has 1 aromatic rings. The van der Waals surface area contributed by atoms with E-state index in [9.17, 15) is 4.79 Å². The van der Waals surface area contributed by atoms with Crippen LogP contribution in [0.4, 0.5) is 0 Å². The number of nitrogens with zero attached hydrogens (tertiary/aromatic N) is 4. The van der Waals surface area contributed by atoms with Crippen molar-refractivity contribution in [2.24, 2.45) is 0 Å². The van der Waals surface area contributed by atoms with Gasteiger partial charge in [-0.3, -0.25) is 4.79 Å². The molecule has 0 radical (unpaired) electrons. The van der Waals surface area contributed by atoms with Gasteiger partial charge in [-0.05, 0) is 27.4 Å². The van der Waals surface area contributed by atoms with E-state index in [1.807, 2.05) is 33.2 Å². The summed E-state index contributed by atoms with van der Waals surface area (Å²) in [5.74, 6) is 0.410. The van der Waals surface area contributed by atoms with Gasteiger partial charge in [-0.25, -0.2) is 0 Å². The SMILES string of the molecule is C/C=C/Cc1nnc(C(=O)N2CC[C@@H](N(C)C)C2)o1. The number of likely N-dealkylation sites (tertiary alicyclic amines) is 1. The Labute approximate surface area is 113 Å². The summed E-state index contributed by atoms with van der Waals surface area (Å²) in [5.41, 5.74) is 0. The fraction of sp³-hybridized carbons (Fsp3) is 0.615. The molecule has 0 unspecified atom stereocenters. The molecule has 1 aromatic heterocycles. The van der Waals surface area contributed by atoms with Crippen molar-refractivity contribution in [3.63, 3.8) is 0 Å². The van der Waals surface area contributed by atoms with Gasteiger partial charge in [0.25, 0.3) is 0 Å². The lowest BCUT2D eigenvalue weighted by Crippen LogP contribution is -2.34. The lowest BCUT2D eigenvalue weighted by Gasteiger charge is -2.19. The van der Waals surface area contributed by atoms with Gasteiger partial charge in [0.2, 0.25) is 5.89 Å². The summed E-state index contributed by atoms with van der Waals surface area (Å²) in [6, 6.07) is 0.411. The largest absolute Gasteiger partial charge is 0.417 e. The first kappa shape index (κ1) is 13.7. The van der Waals surface area contributed by atoms with Crippen LogP contribution in [0.25, 0.3) is 0 Å². The predicted molar refractivity (Wildman–Crippen MR) is 70.8 cm³/mol. The Morgan fingerprint density at radius 2 is 2.32 bits per heavy atom. The van der Waals surface area contributed by atoms with E-state index in [0.29, 0.717) is 18.4 Å². The molecule has 1 atom stereocenters. The van der Waals surface area contributed by atoms with E-state index >= 15 is 0 Å². The van der Waals surface area contributed by atoms with Gasteiger partial charge in [0.05, 0.1) is 0 Å². The maximum absolute atomic E-state index is 12.2. The molecule has 19 heavy (non-hydrogen) atoms. The number of allylic oxidation sites excluding steroid dienone is 2. The van der Waals surface area contributed by atoms with Crippen molar-refractivity contribution in [1.29, 1.82) is 0 Å². The molecule has 0 saturated carbocycles. The van der Waals surface area contributed by atoms with Gasteiger partial charge in [0.1, 0.15) is 0 Å². The Morgan fingerprint density at radius 1 is 1.53 bits per heavy atom. The number of hydrogen-bond donors (Lipinski definition) is 0. The van der Waals surface area contributed by atoms with Gasteiger partial charge >= 0.3 is 11.8 Å². The quantitative estimate of drug-likeness (QED) is 0.758. The zero-order valence-electron chi connectivity index (χ0n) is 11.7. The highest BCUT2D eigenvalue weighted by Gasteiger charge is 2.30. The molecule has 0 N–H and O–H groups in total. The van der Waals surface area contributed by atoms with Crippen LogP contribution in [0.3, 0.4) is 0 Å². The first-order chi connectivity index (χ1) is 9.11. The molecule has 0 aliphatic carbocycles. The fourth-order valence-electron chi connectivity index (χ4n) is 2.12. The second-order valence-corrected chi connectivity index (χ2v) is 4.93. The molecular formula is C13H20N4O2. The Kier molecular flexibility index (Phi) is 4.31. The highest BCUT2D eigenvalue weighted by atomic mass is 16.4. The molecule has 0 spiro atoms. The van der Waals surface area contributed by atoms with Crippen LogP contribution in [-0.4, -0.2) is 59.1 Å². The normalized spacial score (nSPS) is 19.8. The van der Waals surface area contributed by atoms with Crippen LogP contribution < -0.4 is 0 Å². The van der Waals surface area contributed by atoms with Crippen LogP contribution in [0, 0.1) is 0 Å². The molecule has 1 saturated heterocycles. The van der Waals surface area contributed by atoms with Crippen molar-refractivity contribution in [3.05, 3.63) is 23.9 Å². The van der Waals surface area contributed by atoms with E-state index in [-0.39, 0.29) is 11.8 Å². The third-order valence-corrected chi connectivity index (χ3v) is 3.36. The number of aromatic nitrogens is 2. The molecule has 2 rings (SSSR count). The van der Waals surface area contributed by atoms with Crippen LogP contribution in [0.15, 0.2) is 16.6 Å². The van der Waals surface area contributed by atoms with Crippen molar-refractivity contribution in [2.45, 2.75) is 25.8 Å². The second kappa shape index (κ2) is 5.97. The summed E-state index contributed by atoms with van der Waals surface area (Å²) in [4.78, 5) is 16.1. The average Bonchev–Trinajstić information content (AvgIpc) is 3.04. The Balaban J connectivity index is 1.98. The third-order valence-electron chi connectivity index (χ3n) is 3.36. The van der Waals surface area contributed by atoms with Gasteiger partial charge in [-0.15, -0.1) is 10.2 Å². The standard InChI is InChI=1S/C13H20N4O2/c1-4-5-6-11-14-15-12(19-11)13(18)17-8-7-10(9-17)16(2)3/h4-5,10H,6-9H2,1-3H3/b5-4+/t10-/m1/s1. The minimum absolute atomic E-state index is 0.0962. The van der Waals surface area contributed by atoms with Crippen molar-refractivity contribution < 1.29 is 9.21 Å². The first-order valence-corrected chi connectivity index (χ1v) is 6.51. The topological polar surface area (TPSA) is 62.5 Å². The van der Waals surface area contributed by atoms with E-state index in [1.54, 1.807) is 4.90 Å². The molecule has 1 aliphatic heterocycles. The lowest BCUT2D eigenvalue weighted by atomic mass is 10.2. The van der Waals surface area contributed by atoms with Gasteiger partial charge in [0.15, 0.2) is 0 Å². The maximum Gasteiger partial charge on any atom is 0.311 e. The second-order valence-electron chi connectivity index (χ2n) is 4.93. The Hall–Kier alpha value is -1.69. The van der Waals surface area contributed by atoms with E-state index in [1.165, 1.54) is 0 Å². The van der Waals surface area contributed by atoms with Crippen molar-refractivity contribution >= 4 is 5.91 Å². The highest BCUT2D eigenvalue weighted by Crippen LogP contribution is 2.16. The van der Waals surface area contributed by atoms with Crippen LogP contribution >= 0.6 is 0 Å². The summed E-state index contributed by atoms with van der Waals surface area (Å²) in [6.07, 6.45) is 5.38. The molecule has 1 aliphatic rings. The Bertz CT molecular complexity index is 467. The number of likely N-dealkylation sites (N-methyl/N-ethyl adjacent to an activating group) is 1. The van der Waals surface area contributed by atoms with Crippen molar-refractivity contribution in [3.8, 4) is 0 Å². The predicted octanol–water partition coefficient (Wildman–Crippen LogP) is 0.964. The number of amides is 1. The van der Waals surface area contributed by atoms with E-state index in [4.69, 9.17) is 4.42 Å². The zero-order chi connectivity index (χ0) is 13.8. The smallest absolute Gasteiger partial charge is 0.311 e. The minimum Gasteiger partial charge on any atom is -0.417 e. The fourth-order valence-corrected chi connectivity index (χ4v) is 2.12. The summed E-state index contributed by atoms with van der Waals surface area (Å²) in [7, 11) is 4.06. The molecule has 2 heterocycles. The summed E-state index contributed by atoms with van der Waals surface area (Å²) < 4.78 is 5.38. The van der Waals surface area contributed by atoms with E-state index in [2.05, 4.69) is 15.1 Å². The van der Waals surface area contributed by atoms with Crippen molar-refractivity contribution in [1.82, 2.24) is 20.0 Å². The number of hydrogen-bond acceptors (Lipinski definition) is 5. The van der Waals surface area contributed by atoms with Crippen LogP contribution in [-0.2, 0) is 6.42 Å². The van der Waals surface area contributed by atoms with Crippen LogP contribution in [0.5, 0.6) is 0 Å². The molecule has 0 bridgehead atoms. The highest BCUT2D eigenvalue weighted by molar-refractivity contribution is 5.89. The molecule has 1 fully saturated rings. The molecule has 6 nitrogen and oxygen atoms in total. The van der Waals surface area contributed by atoms with Gasteiger partial charge < -0.3 is 14.2 Å². The van der Waals surface area contributed by atoms with E-state index < -0.39 is 0 Å². The van der Waals surface area contributed by atoms with Gasteiger partial charge in [-0.2, -0.15) is 0 Å². The third kappa shape index (κ3) is 3.20. The number of carbonyl (C=O) groups excluding carboxylic acids is 1. The monoisotopic (exact) mass is 264 g/mol. The number of rotatable bonds is 4. The summed E-state index contributed by atoms with van der Waals surface area (Å²) in [5, 5.41) is 7.70. The van der Waals surface area contributed by atoms with Gasteiger partial charge in [-0.1, -0.05) is 12.2 Å². The minimum atomic E-state index is -0.163. The lowest BCUT2D eigenvalue weighted by molar-refractivity contribution is 0.0741. The maximum atomic E-state index is 12.2. The molecule has 104 valence electrons. The zero-order valence-corrected chi connectivity index (χ0v) is 11.7. The average molecular weight is 264 g/mol. The number of carbonyl (C=O) groups is 1. The molecule has 6 heteroatoms. The van der Waals surface area contributed by atoms with Crippen LogP contribution in [0.2, 0.25) is 0 Å². The Morgan fingerprint density at radius 3 is 2.95 bits per heavy atom. The summed E-state index contributed by atoms with van der Waals surface area (Å²) in [6.45, 7) is 3.39. The summed E-state index contributed by atoms with van der Waals surface area (Å²) >= 11 is 0. The molecule has 1 amide bonds. The molecular weight excluding hydrogens is 244 g/mol. The van der Waals surface area contributed by atoms with E-state index in [0.717, 1.165) is 19.5 Å². The van der Waals surface area contributed by atoms with Crippen molar-refractivity contribution in [2.75, 3.05) is 27.2 Å².